The number of ether oxygens (including phenoxy) is 1. The van der Waals surface area contributed by atoms with Crippen molar-refractivity contribution < 1.29 is 27.5 Å². The number of fused-ring (bicyclic) bond motifs is 3. The molecule has 1 N–H and O–H groups in total. The van der Waals surface area contributed by atoms with Gasteiger partial charge in [0.05, 0.1) is 11.5 Å². The van der Waals surface area contributed by atoms with Gasteiger partial charge in [-0.2, -0.15) is 4.72 Å². The normalized spacial score (nSPS) is 19.9. The summed E-state index contributed by atoms with van der Waals surface area (Å²) in [5, 5.41) is 1.81. The van der Waals surface area contributed by atoms with Gasteiger partial charge in [-0.05, 0) is 68.1 Å². The summed E-state index contributed by atoms with van der Waals surface area (Å²) in [6.45, 7) is 3.61. The second-order valence-corrected chi connectivity index (χ2v) is 11.6. The van der Waals surface area contributed by atoms with Crippen molar-refractivity contribution in [3.8, 4) is 0 Å². The fourth-order valence-electron chi connectivity index (χ4n) is 5.40. The van der Waals surface area contributed by atoms with Crippen LogP contribution >= 0.6 is 0 Å². The van der Waals surface area contributed by atoms with Gasteiger partial charge in [0.25, 0.3) is 0 Å². The first-order chi connectivity index (χ1) is 18.2. The van der Waals surface area contributed by atoms with Crippen molar-refractivity contribution in [1.29, 1.82) is 0 Å². The smallest absolute Gasteiger partial charge is 0.324 e. The van der Waals surface area contributed by atoms with Crippen LogP contribution in [0.2, 0.25) is 0 Å². The van der Waals surface area contributed by atoms with E-state index in [1.165, 1.54) is 12.1 Å². The largest absolute Gasteiger partial charge is 0.465 e. The van der Waals surface area contributed by atoms with E-state index in [-0.39, 0.29) is 35.9 Å². The summed E-state index contributed by atoms with van der Waals surface area (Å²) in [6, 6.07) is 16.4. The molecular formula is C30H29NO6S. The van der Waals surface area contributed by atoms with Crippen molar-refractivity contribution in [3.05, 3.63) is 89.0 Å². The topological polar surface area (TPSA) is 107 Å². The fourth-order valence-corrected chi connectivity index (χ4v) is 6.58. The third kappa shape index (κ3) is 4.93. The maximum absolute atomic E-state index is 13.6. The van der Waals surface area contributed by atoms with E-state index in [2.05, 4.69) is 4.72 Å². The lowest BCUT2D eigenvalue weighted by Gasteiger charge is -2.34. The number of carbonyl (C=O) groups is 3. The van der Waals surface area contributed by atoms with Crippen LogP contribution in [0.1, 0.15) is 52.5 Å². The van der Waals surface area contributed by atoms with Crippen LogP contribution in [0.4, 0.5) is 0 Å². The lowest BCUT2D eigenvalue weighted by atomic mass is 9.67. The lowest BCUT2D eigenvalue weighted by molar-refractivity contribution is -0.145. The molecule has 3 aromatic rings. The van der Waals surface area contributed by atoms with Crippen LogP contribution in [0.3, 0.4) is 0 Å². The molecule has 0 saturated heterocycles. The summed E-state index contributed by atoms with van der Waals surface area (Å²) in [6.07, 6.45) is 2.56. The molecule has 0 amide bonds. The van der Waals surface area contributed by atoms with Gasteiger partial charge in [-0.25, -0.2) is 8.42 Å². The van der Waals surface area contributed by atoms with E-state index in [0.29, 0.717) is 17.5 Å². The summed E-state index contributed by atoms with van der Waals surface area (Å²) in [5.74, 6) is -1.84. The zero-order chi connectivity index (χ0) is 27.0. The number of allylic oxidation sites excluding steroid dienone is 1. The zero-order valence-corrected chi connectivity index (χ0v) is 22.1. The number of hydrogen-bond donors (Lipinski definition) is 1. The Labute approximate surface area is 221 Å². The molecule has 7 nitrogen and oxygen atoms in total. The highest BCUT2D eigenvalue weighted by Gasteiger charge is 2.43. The van der Waals surface area contributed by atoms with Gasteiger partial charge in [0.2, 0.25) is 10.0 Å². The summed E-state index contributed by atoms with van der Waals surface area (Å²) in [4.78, 5) is 39.8. The summed E-state index contributed by atoms with van der Waals surface area (Å²) >= 11 is 0. The molecule has 0 saturated carbocycles. The van der Waals surface area contributed by atoms with Crippen LogP contribution in [-0.2, 0) is 19.6 Å². The van der Waals surface area contributed by atoms with Crippen molar-refractivity contribution in [2.45, 2.75) is 44.0 Å². The standard InChI is InChI=1S/C30H29NO6S/c1-3-37-30(34)27(31-38(35,36)22-11-8-18(2)9-12-22)15-19-10-13-23-24(14-19)29(33)26-17-21-7-5-4-6-20(21)16-25(26)28(23)32/h4-12,16-17,23-24,27,31H,3,13-15H2,1-2H3. The summed E-state index contributed by atoms with van der Waals surface area (Å²) < 4.78 is 33.7. The third-order valence-electron chi connectivity index (χ3n) is 7.38. The van der Waals surface area contributed by atoms with Gasteiger partial charge in [-0.15, -0.1) is 0 Å². The van der Waals surface area contributed by atoms with Crippen LogP contribution in [-0.4, -0.2) is 38.6 Å². The molecule has 0 spiro atoms. The molecule has 2 aliphatic carbocycles. The second-order valence-electron chi connectivity index (χ2n) is 9.93. The van der Waals surface area contributed by atoms with Crippen molar-refractivity contribution in [1.82, 2.24) is 4.72 Å². The lowest BCUT2D eigenvalue weighted by Crippen LogP contribution is -2.43. The SMILES string of the molecule is CCOC(=O)C(CC1=CCC2C(=O)c3cc4ccccc4cc3C(=O)C2C1)NS(=O)(=O)c1ccc(C)cc1. The molecule has 196 valence electrons. The van der Waals surface area contributed by atoms with Crippen LogP contribution in [0, 0.1) is 18.8 Å². The first kappa shape index (κ1) is 26.0. The first-order valence-electron chi connectivity index (χ1n) is 12.7. The van der Waals surface area contributed by atoms with Crippen LogP contribution in [0.15, 0.2) is 77.2 Å². The predicted octanol–water partition coefficient (Wildman–Crippen LogP) is 4.78. The number of hydrogen-bond acceptors (Lipinski definition) is 6. The molecule has 2 aliphatic rings. The summed E-state index contributed by atoms with van der Waals surface area (Å²) in [7, 11) is -3.99. The van der Waals surface area contributed by atoms with E-state index < -0.39 is 33.9 Å². The zero-order valence-electron chi connectivity index (χ0n) is 21.3. The van der Waals surface area contributed by atoms with Gasteiger partial charge in [0.1, 0.15) is 6.04 Å². The Bertz CT molecular complexity index is 1570. The minimum atomic E-state index is -3.99. The molecular weight excluding hydrogens is 502 g/mol. The number of benzene rings is 3. The van der Waals surface area contributed by atoms with Gasteiger partial charge >= 0.3 is 5.97 Å². The molecule has 0 bridgehead atoms. The van der Waals surface area contributed by atoms with E-state index in [1.54, 1.807) is 31.2 Å². The molecule has 38 heavy (non-hydrogen) atoms. The summed E-state index contributed by atoms with van der Waals surface area (Å²) in [5.41, 5.74) is 2.55. The van der Waals surface area contributed by atoms with Gasteiger partial charge in [-0.3, -0.25) is 14.4 Å². The average molecular weight is 532 g/mol. The number of Topliss-reactive ketones (excluding diaryl/α,β-unsaturated/α-hetero) is 2. The minimum absolute atomic E-state index is 0.0481. The van der Waals surface area contributed by atoms with E-state index in [0.717, 1.165) is 21.9 Å². The van der Waals surface area contributed by atoms with Crippen molar-refractivity contribution in [2.24, 2.45) is 11.8 Å². The molecule has 5 rings (SSSR count). The number of esters is 1. The van der Waals surface area contributed by atoms with Gasteiger partial charge in [0, 0.05) is 23.0 Å². The Balaban J connectivity index is 1.40. The van der Waals surface area contributed by atoms with E-state index >= 15 is 0 Å². The Kier molecular flexibility index (Phi) is 7.03. The Morgan fingerprint density at radius 2 is 1.58 bits per heavy atom. The fraction of sp³-hybridized carbons (Fsp3) is 0.300. The molecule has 0 heterocycles. The molecule has 3 atom stereocenters. The highest BCUT2D eigenvalue weighted by Crippen LogP contribution is 2.41. The number of aryl methyl sites for hydroxylation is 1. The van der Waals surface area contributed by atoms with E-state index in [1.807, 2.05) is 37.3 Å². The highest BCUT2D eigenvalue weighted by atomic mass is 32.2. The molecule has 0 radical (unpaired) electrons. The molecule has 0 fully saturated rings. The Hall–Kier alpha value is -3.62. The highest BCUT2D eigenvalue weighted by molar-refractivity contribution is 7.89. The van der Waals surface area contributed by atoms with Crippen LogP contribution in [0.25, 0.3) is 10.8 Å². The maximum atomic E-state index is 13.6. The predicted molar refractivity (Wildman–Crippen MR) is 143 cm³/mol. The molecule has 0 aromatic heterocycles. The van der Waals surface area contributed by atoms with Gasteiger partial charge in [0.15, 0.2) is 11.6 Å². The Morgan fingerprint density at radius 1 is 0.974 bits per heavy atom. The maximum Gasteiger partial charge on any atom is 0.324 e. The first-order valence-corrected chi connectivity index (χ1v) is 14.2. The van der Waals surface area contributed by atoms with E-state index in [4.69, 9.17) is 4.74 Å². The number of carbonyl (C=O) groups excluding carboxylic acids is 3. The number of ketones is 2. The van der Waals surface area contributed by atoms with Gasteiger partial charge < -0.3 is 4.74 Å². The molecule has 3 aromatic carbocycles. The van der Waals surface area contributed by atoms with Crippen molar-refractivity contribution in [3.63, 3.8) is 0 Å². The molecule has 0 aliphatic heterocycles. The monoisotopic (exact) mass is 531 g/mol. The number of rotatable bonds is 7. The third-order valence-corrected chi connectivity index (χ3v) is 8.87. The van der Waals surface area contributed by atoms with E-state index in [9.17, 15) is 22.8 Å². The number of nitrogens with one attached hydrogen (secondary N) is 1. The van der Waals surface area contributed by atoms with Gasteiger partial charge in [-0.1, -0.05) is 53.6 Å². The minimum Gasteiger partial charge on any atom is -0.465 e. The van der Waals surface area contributed by atoms with Crippen molar-refractivity contribution in [2.75, 3.05) is 6.61 Å². The Morgan fingerprint density at radius 3 is 2.18 bits per heavy atom. The quantitative estimate of drug-likeness (QED) is 0.347. The van der Waals surface area contributed by atoms with Crippen molar-refractivity contribution >= 4 is 38.3 Å². The van der Waals surface area contributed by atoms with Crippen LogP contribution < -0.4 is 4.72 Å². The van der Waals surface area contributed by atoms with Crippen LogP contribution in [0.5, 0.6) is 0 Å². The molecule has 8 heteroatoms. The second kappa shape index (κ2) is 10.3. The number of sulfonamides is 1. The average Bonchev–Trinajstić information content (AvgIpc) is 2.91. The molecule has 3 unspecified atom stereocenters.